The highest BCUT2D eigenvalue weighted by Gasteiger charge is 2.36. The van der Waals surface area contributed by atoms with Crippen LogP contribution >= 0.6 is 0 Å². The summed E-state index contributed by atoms with van der Waals surface area (Å²) in [4.78, 5) is 38.5. The number of hydrogen-bond donors (Lipinski definition) is 3. The highest BCUT2D eigenvalue weighted by Crippen LogP contribution is 2.44. The molecule has 0 bridgehead atoms. The van der Waals surface area contributed by atoms with Gasteiger partial charge in [0.2, 0.25) is 5.91 Å². The van der Waals surface area contributed by atoms with Crippen molar-refractivity contribution in [3.63, 3.8) is 0 Å². The van der Waals surface area contributed by atoms with Crippen LogP contribution in [0.5, 0.6) is 0 Å². The molecule has 1 fully saturated rings. The predicted octanol–water partition coefficient (Wildman–Crippen LogP) is 3.13. The summed E-state index contributed by atoms with van der Waals surface area (Å²) >= 11 is 0. The van der Waals surface area contributed by atoms with Crippen LogP contribution in [-0.2, 0) is 14.3 Å². The van der Waals surface area contributed by atoms with Crippen LogP contribution in [0.4, 0.5) is 4.79 Å². The number of nitrogens with one attached hydrogen (secondary N) is 1. The summed E-state index contributed by atoms with van der Waals surface area (Å²) in [7, 11) is 0. The third-order valence-corrected chi connectivity index (χ3v) is 6.98. The molecule has 1 heterocycles. The largest absolute Gasteiger partial charge is 0.481 e. The average molecular weight is 467 g/mol. The second-order valence-corrected chi connectivity index (χ2v) is 9.02. The molecule has 0 aromatic heterocycles. The number of alkyl carbamates (subject to hydrolysis) is 1. The van der Waals surface area contributed by atoms with Gasteiger partial charge in [-0.25, -0.2) is 4.79 Å². The van der Waals surface area contributed by atoms with Gasteiger partial charge < -0.3 is 25.2 Å². The van der Waals surface area contributed by atoms with E-state index in [9.17, 15) is 24.6 Å². The van der Waals surface area contributed by atoms with Gasteiger partial charge in [-0.15, -0.1) is 0 Å². The van der Waals surface area contributed by atoms with Crippen LogP contribution in [0, 0.1) is 0 Å². The van der Waals surface area contributed by atoms with E-state index in [1.165, 1.54) is 4.90 Å². The summed E-state index contributed by atoms with van der Waals surface area (Å²) in [5.41, 5.74) is 3.52. The van der Waals surface area contributed by atoms with Crippen LogP contribution in [0.25, 0.3) is 11.1 Å². The Hall–Kier alpha value is -3.39. The third kappa shape index (κ3) is 4.92. The third-order valence-electron chi connectivity index (χ3n) is 6.98. The first-order valence-corrected chi connectivity index (χ1v) is 11.7. The van der Waals surface area contributed by atoms with E-state index in [4.69, 9.17) is 4.74 Å². The molecular formula is C26H30N2O6. The Morgan fingerprint density at radius 3 is 2.15 bits per heavy atom. The molecule has 4 rings (SSSR count). The van der Waals surface area contributed by atoms with Crippen LogP contribution in [0.15, 0.2) is 48.5 Å². The van der Waals surface area contributed by atoms with Gasteiger partial charge in [-0.05, 0) is 41.5 Å². The number of ether oxygens (including phenoxy) is 1. The monoisotopic (exact) mass is 466 g/mol. The Morgan fingerprint density at radius 2 is 1.62 bits per heavy atom. The van der Waals surface area contributed by atoms with E-state index >= 15 is 0 Å². The molecule has 2 aliphatic rings. The topological polar surface area (TPSA) is 116 Å². The molecule has 1 saturated heterocycles. The molecule has 1 aliphatic heterocycles. The first-order valence-electron chi connectivity index (χ1n) is 11.7. The fourth-order valence-electron chi connectivity index (χ4n) is 4.87. The molecule has 8 heteroatoms. The van der Waals surface area contributed by atoms with E-state index in [-0.39, 0.29) is 12.5 Å². The van der Waals surface area contributed by atoms with Crippen molar-refractivity contribution in [3.05, 3.63) is 59.7 Å². The molecular weight excluding hydrogens is 436 g/mol. The maximum atomic E-state index is 13.0. The molecule has 3 N–H and O–H groups in total. The minimum atomic E-state index is -1.24. The molecule has 34 heavy (non-hydrogen) atoms. The minimum Gasteiger partial charge on any atom is -0.481 e. The van der Waals surface area contributed by atoms with Crippen molar-refractivity contribution < 1.29 is 29.3 Å². The Morgan fingerprint density at radius 1 is 1.06 bits per heavy atom. The molecule has 1 unspecified atom stereocenters. The molecule has 2 aromatic rings. The van der Waals surface area contributed by atoms with Crippen molar-refractivity contribution in [2.45, 2.75) is 50.2 Å². The number of aliphatic hydroxyl groups is 1. The number of piperidine rings is 1. The smallest absolute Gasteiger partial charge is 0.407 e. The zero-order valence-corrected chi connectivity index (χ0v) is 19.2. The quantitative estimate of drug-likeness (QED) is 0.577. The lowest BCUT2D eigenvalue weighted by Gasteiger charge is -2.38. The lowest BCUT2D eigenvalue weighted by atomic mass is 9.89. The first kappa shape index (κ1) is 23.8. The number of fused-ring (bicyclic) bond motifs is 3. The van der Waals surface area contributed by atoms with Crippen molar-refractivity contribution in [2.24, 2.45) is 0 Å². The minimum absolute atomic E-state index is 0.0705. The molecule has 0 radical (unpaired) electrons. The SMILES string of the molecule is CCC1(O)CCN(C(=O)C(CC(=O)O)NC(=O)OCC2c3ccccc3-c3ccccc32)CC1. The van der Waals surface area contributed by atoms with E-state index in [0.29, 0.717) is 32.4 Å². The molecule has 0 spiro atoms. The van der Waals surface area contributed by atoms with Gasteiger partial charge in [0.1, 0.15) is 12.6 Å². The summed E-state index contributed by atoms with van der Waals surface area (Å²) in [5, 5.41) is 22.1. The standard InChI is InChI=1S/C26H30N2O6/c1-2-26(33)11-13-28(14-12-26)24(31)22(15-23(29)30)27-25(32)34-16-21-19-9-5-3-7-17(19)18-8-4-6-10-20(18)21/h3-10,21-22,33H,2,11-16H2,1H3,(H,27,32)(H,29,30). The zero-order chi connectivity index (χ0) is 24.3. The molecule has 2 aromatic carbocycles. The number of carbonyl (C=O) groups is 3. The number of hydrogen-bond acceptors (Lipinski definition) is 5. The van der Waals surface area contributed by atoms with E-state index in [0.717, 1.165) is 22.3 Å². The van der Waals surface area contributed by atoms with Crippen LogP contribution in [-0.4, -0.2) is 64.4 Å². The predicted molar refractivity (Wildman–Crippen MR) is 125 cm³/mol. The van der Waals surface area contributed by atoms with Crippen molar-refractivity contribution in [1.82, 2.24) is 10.2 Å². The number of nitrogens with zero attached hydrogens (tertiary/aromatic N) is 1. The highest BCUT2D eigenvalue weighted by atomic mass is 16.5. The van der Waals surface area contributed by atoms with Crippen molar-refractivity contribution in [2.75, 3.05) is 19.7 Å². The lowest BCUT2D eigenvalue weighted by molar-refractivity contribution is -0.144. The van der Waals surface area contributed by atoms with Crippen LogP contribution in [0.3, 0.4) is 0 Å². The number of benzene rings is 2. The number of amides is 2. The van der Waals surface area contributed by atoms with Gasteiger partial charge in [-0.2, -0.15) is 0 Å². The van der Waals surface area contributed by atoms with E-state index in [1.54, 1.807) is 0 Å². The Balaban J connectivity index is 1.40. The second kappa shape index (κ2) is 9.85. The van der Waals surface area contributed by atoms with Crippen molar-refractivity contribution >= 4 is 18.0 Å². The fraction of sp³-hybridized carbons (Fsp3) is 0.423. The molecule has 180 valence electrons. The van der Waals surface area contributed by atoms with E-state index < -0.39 is 36.0 Å². The Bertz CT molecular complexity index is 1030. The summed E-state index contributed by atoms with van der Waals surface area (Å²) in [6.07, 6.45) is 0.0480. The number of likely N-dealkylation sites (tertiary alicyclic amines) is 1. The van der Waals surface area contributed by atoms with Gasteiger partial charge in [0.05, 0.1) is 12.0 Å². The maximum Gasteiger partial charge on any atom is 0.407 e. The fourth-order valence-corrected chi connectivity index (χ4v) is 4.87. The summed E-state index contributed by atoms with van der Waals surface area (Å²) in [5.74, 6) is -1.81. The zero-order valence-electron chi connectivity index (χ0n) is 19.2. The maximum absolute atomic E-state index is 13.0. The van der Waals surface area contributed by atoms with Gasteiger partial charge >= 0.3 is 12.1 Å². The van der Waals surface area contributed by atoms with Crippen LogP contribution < -0.4 is 5.32 Å². The van der Waals surface area contributed by atoms with E-state index in [2.05, 4.69) is 5.32 Å². The van der Waals surface area contributed by atoms with Crippen LogP contribution in [0.2, 0.25) is 0 Å². The molecule has 0 saturated carbocycles. The van der Waals surface area contributed by atoms with Gasteiger partial charge in [-0.3, -0.25) is 9.59 Å². The second-order valence-electron chi connectivity index (χ2n) is 9.02. The van der Waals surface area contributed by atoms with Crippen molar-refractivity contribution in [1.29, 1.82) is 0 Å². The molecule has 2 amide bonds. The van der Waals surface area contributed by atoms with Gasteiger partial charge in [0.25, 0.3) is 0 Å². The summed E-state index contributed by atoms with van der Waals surface area (Å²) < 4.78 is 5.49. The van der Waals surface area contributed by atoms with Crippen LogP contribution in [0.1, 0.15) is 49.7 Å². The highest BCUT2D eigenvalue weighted by molar-refractivity contribution is 5.89. The molecule has 1 atom stereocenters. The lowest BCUT2D eigenvalue weighted by Crippen LogP contribution is -2.54. The first-order chi connectivity index (χ1) is 16.3. The Kier molecular flexibility index (Phi) is 6.88. The Labute approximate surface area is 198 Å². The average Bonchev–Trinajstić information content (AvgIpc) is 3.16. The van der Waals surface area contributed by atoms with Gasteiger partial charge in [0, 0.05) is 19.0 Å². The number of carboxylic acid groups (broad SMARTS) is 1. The van der Waals surface area contributed by atoms with Gasteiger partial charge in [-0.1, -0.05) is 55.5 Å². The van der Waals surface area contributed by atoms with Crippen molar-refractivity contribution in [3.8, 4) is 11.1 Å². The summed E-state index contributed by atoms with van der Waals surface area (Å²) in [6, 6.07) is 14.7. The normalized spacial score (nSPS) is 17.4. The number of carboxylic acids is 1. The summed E-state index contributed by atoms with van der Waals surface area (Å²) in [6.45, 7) is 2.59. The molecule has 8 nitrogen and oxygen atoms in total. The molecule has 1 aliphatic carbocycles. The number of rotatable bonds is 7. The van der Waals surface area contributed by atoms with E-state index in [1.807, 2.05) is 55.5 Å². The van der Waals surface area contributed by atoms with Gasteiger partial charge in [0.15, 0.2) is 0 Å². The number of aliphatic carboxylic acids is 1. The number of carbonyl (C=O) groups excluding carboxylic acids is 2.